The Morgan fingerprint density at radius 2 is 2.19 bits per heavy atom. The van der Waals surface area contributed by atoms with E-state index in [4.69, 9.17) is 0 Å². The summed E-state index contributed by atoms with van der Waals surface area (Å²) in [5.41, 5.74) is 2.15. The third-order valence-corrected chi connectivity index (χ3v) is 2.66. The van der Waals surface area contributed by atoms with Crippen LogP contribution in [0.4, 0.5) is 5.69 Å². The van der Waals surface area contributed by atoms with E-state index in [1.165, 1.54) is 0 Å². The van der Waals surface area contributed by atoms with Gasteiger partial charge in [-0.05, 0) is 44.0 Å². The third kappa shape index (κ3) is 1.91. The van der Waals surface area contributed by atoms with Gasteiger partial charge in [0.1, 0.15) is 0 Å². The molecule has 4 heteroatoms. The van der Waals surface area contributed by atoms with E-state index in [0.29, 0.717) is 12.0 Å². The zero-order valence-electron chi connectivity index (χ0n) is 9.33. The van der Waals surface area contributed by atoms with Crippen LogP contribution in [0.3, 0.4) is 0 Å². The van der Waals surface area contributed by atoms with Gasteiger partial charge in [-0.3, -0.25) is 9.59 Å². The van der Waals surface area contributed by atoms with Gasteiger partial charge in [0, 0.05) is 16.8 Å². The van der Waals surface area contributed by atoms with Crippen molar-refractivity contribution in [2.75, 3.05) is 5.32 Å². The maximum absolute atomic E-state index is 11.8. The van der Waals surface area contributed by atoms with Crippen LogP contribution in [0.2, 0.25) is 0 Å². The minimum atomic E-state index is -0.232. The van der Waals surface area contributed by atoms with Gasteiger partial charge in [0.25, 0.3) is 5.91 Å². The molecule has 0 radical (unpaired) electrons. The molecule has 4 nitrogen and oxygen atoms in total. The van der Waals surface area contributed by atoms with Crippen LogP contribution in [0.15, 0.2) is 18.2 Å². The SMILES string of the molecule is CC1(C)Cc2cc(NC=O)ccc2C(=O)N1. The summed E-state index contributed by atoms with van der Waals surface area (Å²) in [4.78, 5) is 22.1. The van der Waals surface area contributed by atoms with E-state index in [-0.39, 0.29) is 11.4 Å². The normalized spacial score (nSPS) is 17.2. The van der Waals surface area contributed by atoms with Crippen molar-refractivity contribution in [3.05, 3.63) is 29.3 Å². The quantitative estimate of drug-likeness (QED) is 0.735. The summed E-state index contributed by atoms with van der Waals surface area (Å²) in [7, 11) is 0. The molecule has 2 N–H and O–H groups in total. The van der Waals surface area contributed by atoms with Gasteiger partial charge < -0.3 is 10.6 Å². The van der Waals surface area contributed by atoms with Crippen LogP contribution >= 0.6 is 0 Å². The first-order valence-corrected chi connectivity index (χ1v) is 5.17. The zero-order valence-corrected chi connectivity index (χ0v) is 9.33. The van der Waals surface area contributed by atoms with Gasteiger partial charge in [-0.15, -0.1) is 0 Å². The molecule has 2 amide bonds. The van der Waals surface area contributed by atoms with Crippen molar-refractivity contribution < 1.29 is 9.59 Å². The fourth-order valence-electron chi connectivity index (χ4n) is 2.01. The van der Waals surface area contributed by atoms with Crippen molar-refractivity contribution in [2.45, 2.75) is 25.8 Å². The lowest BCUT2D eigenvalue weighted by atomic mass is 9.87. The van der Waals surface area contributed by atoms with Crippen molar-refractivity contribution in [1.82, 2.24) is 5.32 Å². The molecule has 1 aromatic rings. The summed E-state index contributed by atoms with van der Waals surface area (Å²) < 4.78 is 0. The lowest BCUT2D eigenvalue weighted by Gasteiger charge is -2.32. The van der Waals surface area contributed by atoms with Crippen LogP contribution in [-0.4, -0.2) is 17.9 Å². The van der Waals surface area contributed by atoms with E-state index >= 15 is 0 Å². The molecule has 16 heavy (non-hydrogen) atoms. The van der Waals surface area contributed by atoms with Gasteiger partial charge in [-0.2, -0.15) is 0 Å². The fourth-order valence-corrected chi connectivity index (χ4v) is 2.01. The number of fused-ring (bicyclic) bond motifs is 1. The monoisotopic (exact) mass is 218 g/mol. The molecular formula is C12H14N2O2. The predicted octanol–water partition coefficient (Wildman–Crippen LogP) is 1.32. The van der Waals surface area contributed by atoms with Crippen molar-refractivity contribution in [3.63, 3.8) is 0 Å². The minimum Gasteiger partial charge on any atom is -0.347 e. The molecule has 0 bridgehead atoms. The molecule has 0 aliphatic carbocycles. The average Bonchev–Trinajstić information content (AvgIpc) is 2.15. The second kappa shape index (κ2) is 3.63. The largest absolute Gasteiger partial charge is 0.347 e. The standard InChI is InChI=1S/C12H14N2O2/c1-12(2)6-8-5-9(13-7-15)3-4-10(8)11(16)14-12/h3-5,7H,6H2,1-2H3,(H,13,15)(H,14,16). The Balaban J connectivity index is 2.42. The summed E-state index contributed by atoms with van der Waals surface area (Å²) >= 11 is 0. The fraction of sp³-hybridized carbons (Fsp3) is 0.333. The van der Waals surface area contributed by atoms with Gasteiger partial charge in [-0.25, -0.2) is 0 Å². The Morgan fingerprint density at radius 3 is 2.88 bits per heavy atom. The molecule has 2 rings (SSSR count). The minimum absolute atomic E-state index is 0.0519. The van der Waals surface area contributed by atoms with E-state index in [0.717, 1.165) is 17.7 Å². The Kier molecular flexibility index (Phi) is 2.42. The highest BCUT2D eigenvalue weighted by Gasteiger charge is 2.29. The van der Waals surface area contributed by atoms with E-state index in [9.17, 15) is 9.59 Å². The van der Waals surface area contributed by atoms with E-state index in [1.807, 2.05) is 19.9 Å². The van der Waals surface area contributed by atoms with Gasteiger partial charge in [-0.1, -0.05) is 0 Å². The van der Waals surface area contributed by atoms with E-state index in [1.54, 1.807) is 12.1 Å². The first-order chi connectivity index (χ1) is 7.52. The van der Waals surface area contributed by atoms with Crippen LogP contribution in [-0.2, 0) is 11.2 Å². The van der Waals surface area contributed by atoms with E-state index in [2.05, 4.69) is 10.6 Å². The number of amides is 2. The van der Waals surface area contributed by atoms with Crippen molar-refractivity contribution in [2.24, 2.45) is 0 Å². The summed E-state index contributed by atoms with van der Waals surface area (Å²) in [5, 5.41) is 5.52. The number of anilines is 1. The Bertz CT molecular complexity index is 452. The number of carbonyl (C=O) groups is 2. The summed E-state index contributed by atoms with van der Waals surface area (Å²) in [6, 6.07) is 5.32. The number of benzene rings is 1. The van der Waals surface area contributed by atoms with Crippen LogP contribution in [0, 0.1) is 0 Å². The lowest BCUT2D eigenvalue weighted by Crippen LogP contribution is -2.49. The lowest BCUT2D eigenvalue weighted by molar-refractivity contribution is -0.105. The number of nitrogens with one attached hydrogen (secondary N) is 2. The molecule has 0 saturated carbocycles. The third-order valence-electron chi connectivity index (χ3n) is 2.66. The van der Waals surface area contributed by atoms with Crippen molar-refractivity contribution in [1.29, 1.82) is 0 Å². The van der Waals surface area contributed by atoms with E-state index < -0.39 is 0 Å². The second-order valence-corrected chi connectivity index (χ2v) is 4.65. The molecule has 0 saturated heterocycles. The highest BCUT2D eigenvalue weighted by atomic mass is 16.2. The predicted molar refractivity (Wildman–Crippen MR) is 61.4 cm³/mol. The Labute approximate surface area is 94.0 Å². The number of hydrogen-bond donors (Lipinski definition) is 2. The van der Waals surface area contributed by atoms with Gasteiger partial charge >= 0.3 is 0 Å². The molecule has 0 spiro atoms. The highest BCUT2D eigenvalue weighted by Crippen LogP contribution is 2.25. The molecule has 0 fully saturated rings. The summed E-state index contributed by atoms with van der Waals surface area (Å²) in [6.07, 6.45) is 1.40. The maximum atomic E-state index is 11.8. The van der Waals surface area contributed by atoms with Gasteiger partial charge in [0.2, 0.25) is 6.41 Å². The number of carbonyl (C=O) groups excluding carboxylic acids is 2. The highest BCUT2D eigenvalue weighted by molar-refractivity contribution is 5.98. The smallest absolute Gasteiger partial charge is 0.251 e. The average molecular weight is 218 g/mol. The molecule has 1 heterocycles. The topological polar surface area (TPSA) is 58.2 Å². The van der Waals surface area contributed by atoms with Crippen LogP contribution in [0.1, 0.15) is 29.8 Å². The molecule has 84 valence electrons. The number of hydrogen-bond acceptors (Lipinski definition) is 2. The second-order valence-electron chi connectivity index (χ2n) is 4.65. The van der Waals surface area contributed by atoms with Crippen LogP contribution in [0.5, 0.6) is 0 Å². The van der Waals surface area contributed by atoms with Crippen molar-refractivity contribution in [3.8, 4) is 0 Å². The molecule has 0 aromatic heterocycles. The zero-order chi connectivity index (χ0) is 11.8. The first-order valence-electron chi connectivity index (χ1n) is 5.17. The summed E-state index contributed by atoms with van der Waals surface area (Å²) in [5.74, 6) is -0.0519. The number of rotatable bonds is 2. The van der Waals surface area contributed by atoms with Crippen molar-refractivity contribution >= 4 is 18.0 Å². The van der Waals surface area contributed by atoms with Gasteiger partial charge in [0.15, 0.2) is 0 Å². The molecular weight excluding hydrogens is 204 g/mol. The van der Waals surface area contributed by atoms with Crippen LogP contribution in [0.25, 0.3) is 0 Å². The Morgan fingerprint density at radius 1 is 1.44 bits per heavy atom. The molecule has 1 aliphatic heterocycles. The molecule has 0 unspecified atom stereocenters. The molecule has 1 aliphatic rings. The summed E-state index contributed by atoms with van der Waals surface area (Å²) in [6.45, 7) is 3.96. The van der Waals surface area contributed by atoms with Gasteiger partial charge in [0.05, 0.1) is 0 Å². The Hall–Kier alpha value is -1.84. The first kappa shape index (κ1) is 10.7. The molecule has 1 aromatic carbocycles. The molecule has 0 atom stereocenters. The van der Waals surface area contributed by atoms with Crippen LogP contribution < -0.4 is 10.6 Å². The maximum Gasteiger partial charge on any atom is 0.251 e.